The summed E-state index contributed by atoms with van der Waals surface area (Å²) in [4.78, 5) is 20.3. The van der Waals surface area contributed by atoms with Gasteiger partial charge in [0, 0.05) is 0 Å². The number of rotatable bonds is 6. The number of carbonyl (C=O) groups is 1. The summed E-state index contributed by atoms with van der Waals surface area (Å²) in [7, 11) is 0. The van der Waals surface area contributed by atoms with Gasteiger partial charge in [0.05, 0.1) is 6.61 Å². The van der Waals surface area contributed by atoms with Crippen LogP contribution in [-0.2, 0) is 14.6 Å². The fraction of sp³-hybridized carbons (Fsp3) is 0.889. The molecule has 0 spiro atoms. The molecule has 0 aromatic heterocycles. The summed E-state index contributed by atoms with van der Waals surface area (Å²) in [6, 6.07) is 0. The highest BCUT2D eigenvalue weighted by Gasteiger charge is 2.25. The highest BCUT2D eigenvalue weighted by Crippen LogP contribution is 2.34. The van der Waals surface area contributed by atoms with Crippen molar-refractivity contribution in [2.24, 2.45) is 5.92 Å². The molecule has 0 radical (unpaired) electrons. The molecule has 1 aliphatic rings. The largest absolute Gasteiger partial charge is 0.355 e. The van der Waals surface area contributed by atoms with Crippen molar-refractivity contribution in [1.29, 1.82) is 0 Å². The number of hydrogen-bond donors (Lipinski definition) is 0. The quantitative estimate of drug-likeness (QED) is 0.327. The second-order valence-corrected chi connectivity index (χ2v) is 4.80. The van der Waals surface area contributed by atoms with Gasteiger partial charge in [-0.15, -0.1) is 0 Å². The molecule has 0 bridgehead atoms. The summed E-state index contributed by atoms with van der Waals surface area (Å²) >= 11 is 2.11. The van der Waals surface area contributed by atoms with Gasteiger partial charge in [-0.3, -0.25) is 4.89 Å². The Labute approximate surface area is 92.2 Å². The molecule has 0 aromatic carbocycles. The topological polar surface area (TPSA) is 35.5 Å². The Bertz CT molecular complexity index is 168. The Morgan fingerprint density at radius 3 is 2.85 bits per heavy atom. The zero-order valence-corrected chi connectivity index (χ0v) is 9.95. The molecule has 0 aliphatic heterocycles. The molecule has 1 atom stereocenters. The minimum absolute atomic E-state index is 0.0512. The van der Waals surface area contributed by atoms with Gasteiger partial charge in [-0.1, -0.05) is 35.4 Å². The van der Waals surface area contributed by atoms with Gasteiger partial charge >= 0.3 is 5.97 Å². The van der Waals surface area contributed by atoms with Gasteiger partial charge in [-0.25, -0.2) is 4.79 Å². The minimum atomic E-state index is -0.247. The first-order valence-corrected chi connectivity index (χ1v) is 5.96. The molecular weight excluding hydrogens is 283 g/mol. The second-order valence-electron chi connectivity index (χ2n) is 3.30. The number of hydrogen-bond acceptors (Lipinski definition) is 3. The van der Waals surface area contributed by atoms with Crippen LogP contribution in [0.4, 0.5) is 0 Å². The smallest absolute Gasteiger partial charge is 0.297 e. The van der Waals surface area contributed by atoms with Crippen LogP contribution >= 0.6 is 22.6 Å². The van der Waals surface area contributed by atoms with E-state index >= 15 is 0 Å². The molecule has 0 N–H and O–H groups in total. The van der Waals surface area contributed by atoms with E-state index in [1.165, 1.54) is 12.8 Å². The minimum Gasteiger partial charge on any atom is -0.297 e. The standard InChI is InChI=1S/C9H15IO3/c1-2-12-13-9(11)8(10)6-5-7-3-4-7/h7-8H,2-6H2,1H3. The molecule has 1 saturated carbocycles. The van der Waals surface area contributed by atoms with Crippen LogP contribution in [0.25, 0.3) is 0 Å². The van der Waals surface area contributed by atoms with E-state index in [-0.39, 0.29) is 9.89 Å². The molecule has 3 nitrogen and oxygen atoms in total. The molecule has 76 valence electrons. The van der Waals surface area contributed by atoms with E-state index in [9.17, 15) is 4.79 Å². The summed E-state index contributed by atoms with van der Waals surface area (Å²) in [5.74, 6) is 0.625. The first-order chi connectivity index (χ1) is 6.24. The predicted molar refractivity (Wildman–Crippen MR) is 57.5 cm³/mol. The van der Waals surface area contributed by atoms with Gasteiger partial charge in [0.15, 0.2) is 0 Å². The first kappa shape index (κ1) is 11.2. The van der Waals surface area contributed by atoms with Crippen LogP contribution in [0, 0.1) is 5.92 Å². The highest BCUT2D eigenvalue weighted by atomic mass is 127. The average Bonchev–Trinajstić information content (AvgIpc) is 2.93. The fourth-order valence-electron chi connectivity index (χ4n) is 1.08. The van der Waals surface area contributed by atoms with Crippen LogP contribution in [0.3, 0.4) is 0 Å². The van der Waals surface area contributed by atoms with E-state index in [2.05, 4.69) is 32.4 Å². The van der Waals surface area contributed by atoms with E-state index < -0.39 is 0 Å². The molecule has 4 heteroatoms. The number of halogens is 1. The Hall–Kier alpha value is 0.160. The molecular formula is C9H15IO3. The molecule has 1 unspecified atom stereocenters. The van der Waals surface area contributed by atoms with Crippen molar-refractivity contribution >= 4 is 28.6 Å². The van der Waals surface area contributed by atoms with E-state index in [1.807, 2.05) is 0 Å². The lowest BCUT2D eigenvalue weighted by Crippen LogP contribution is -2.17. The molecule has 1 fully saturated rings. The summed E-state index contributed by atoms with van der Waals surface area (Å²) in [5, 5.41) is 0. The molecule has 1 aliphatic carbocycles. The first-order valence-electron chi connectivity index (χ1n) is 4.71. The monoisotopic (exact) mass is 298 g/mol. The van der Waals surface area contributed by atoms with Crippen LogP contribution in [-0.4, -0.2) is 16.5 Å². The molecule has 0 heterocycles. The maximum atomic E-state index is 11.2. The van der Waals surface area contributed by atoms with Gasteiger partial charge < -0.3 is 0 Å². The van der Waals surface area contributed by atoms with E-state index in [4.69, 9.17) is 0 Å². The van der Waals surface area contributed by atoms with Crippen molar-refractivity contribution in [3.63, 3.8) is 0 Å². The third-order valence-electron chi connectivity index (χ3n) is 2.04. The number of carbonyl (C=O) groups excluding carboxylic acids is 1. The summed E-state index contributed by atoms with van der Waals surface area (Å²) in [6.45, 7) is 2.21. The van der Waals surface area contributed by atoms with Crippen molar-refractivity contribution in [2.75, 3.05) is 6.61 Å². The normalized spacial score (nSPS) is 18.3. The Kier molecular flexibility index (Phi) is 5.01. The van der Waals surface area contributed by atoms with Crippen molar-refractivity contribution in [1.82, 2.24) is 0 Å². The highest BCUT2D eigenvalue weighted by molar-refractivity contribution is 14.1. The third kappa shape index (κ3) is 4.81. The lowest BCUT2D eigenvalue weighted by molar-refractivity contribution is -0.268. The fourth-order valence-corrected chi connectivity index (χ4v) is 1.54. The van der Waals surface area contributed by atoms with Gasteiger partial charge in [0.25, 0.3) is 0 Å². The maximum Gasteiger partial charge on any atom is 0.355 e. The van der Waals surface area contributed by atoms with Crippen molar-refractivity contribution < 1.29 is 14.6 Å². The van der Waals surface area contributed by atoms with Crippen molar-refractivity contribution in [3.8, 4) is 0 Å². The predicted octanol–water partition coefficient (Wildman–Crippen LogP) is 2.47. The molecule has 0 amide bonds. The summed E-state index contributed by atoms with van der Waals surface area (Å²) < 4.78 is -0.0512. The Morgan fingerprint density at radius 2 is 2.31 bits per heavy atom. The van der Waals surface area contributed by atoms with Crippen LogP contribution in [0.5, 0.6) is 0 Å². The zero-order valence-electron chi connectivity index (χ0n) is 7.79. The van der Waals surface area contributed by atoms with E-state index in [0.29, 0.717) is 6.61 Å². The lowest BCUT2D eigenvalue weighted by Gasteiger charge is -2.07. The lowest BCUT2D eigenvalue weighted by atomic mass is 10.2. The van der Waals surface area contributed by atoms with Crippen molar-refractivity contribution in [3.05, 3.63) is 0 Å². The summed E-state index contributed by atoms with van der Waals surface area (Å²) in [5.41, 5.74) is 0. The SMILES string of the molecule is CCOOC(=O)C(I)CCC1CC1. The summed E-state index contributed by atoms with van der Waals surface area (Å²) in [6.07, 6.45) is 4.74. The molecule has 0 aromatic rings. The van der Waals surface area contributed by atoms with Crippen LogP contribution in [0.15, 0.2) is 0 Å². The molecule has 13 heavy (non-hydrogen) atoms. The zero-order chi connectivity index (χ0) is 9.68. The maximum absolute atomic E-state index is 11.2. The van der Waals surface area contributed by atoms with Gasteiger partial charge in [-0.05, 0) is 25.7 Å². The van der Waals surface area contributed by atoms with Gasteiger partial charge in [-0.2, -0.15) is 4.89 Å². The molecule has 1 rings (SSSR count). The van der Waals surface area contributed by atoms with Gasteiger partial charge in [0.1, 0.15) is 3.92 Å². The third-order valence-corrected chi connectivity index (χ3v) is 3.17. The average molecular weight is 298 g/mol. The van der Waals surface area contributed by atoms with Crippen LogP contribution in [0.2, 0.25) is 0 Å². The van der Waals surface area contributed by atoms with E-state index in [0.717, 1.165) is 18.8 Å². The van der Waals surface area contributed by atoms with Gasteiger partial charge in [0.2, 0.25) is 0 Å². The molecule has 0 saturated heterocycles. The Morgan fingerprint density at radius 1 is 1.62 bits per heavy atom. The second kappa shape index (κ2) is 5.80. The Balaban J connectivity index is 2.05. The van der Waals surface area contributed by atoms with Crippen molar-refractivity contribution in [2.45, 2.75) is 36.5 Å². The number of alkyl halides is 1. The van der Waals surface area contributed by atoms with Crippen LogP contribution in [0.1, 0.15) is 32.6 Å². The van der Waals surface area contributed by atoms with Crippen LogP contribution < -0.4 is 0 Å². The van der Waals surface area contributed by atoms with E-state index in [1.54, 1.807) is 6.92 Å².